The second-order valence-corrected chi connectivity index (χ2v) is 10.5. The molecule has 3 aromatic heterocycles. The van der Waals surface area contributed by atoms with Crippen LogP contribution in [0.15, 0.2) is 48.8 Å². The number of hydrogen-bond donors (Lipinski definition) is 1. The first-order chi connectivity index (χ1) is 17.2. The number of imidazole rings is 1. The normalized spacial score (nSPS) is 18.4. The van der Waals surface area contributed by atoms with Crippen LogP contribution in [-0.2, 0) is 0 Å². The smallest absolute Gasteiger partial charge is 0.249 e. The van der Waals surface area contributed by atoms with Crippen molar-refractivity contribution < 1.29 is 13.5 Å². The van der Waals surface area contributed by atoms with Gasteiger partial charge in [0.15, 0.2) is 5.15 Å². The molecule has 1 spiro atoms. The van der Waals surface area contributed by atoms with Crippen LogP contribution in [-0.4, -0.2) is 35.6 Å². The van der Waals surface area contributed by atoms with E-state index in [0.29, 0.717) is 28.2 Å². The van der Waals surface area contributed by atoms with E-state index in [0.717, 1.165) is 35.3 Å². The molecule has 2 aliphatic carbocycles. The van der Waals surface area contributed by atoms with E-state index in [-0.39, 0.29) is 29.5 Å². The number of ether oxygens (including phenoxy) is 1. The molecular weight excluding hydrogens is 486 g/mol. The molecule has 0 aliphatic heterocycles. The van der Waals surface area contributed by atoms with Crippen molar-refractivity contribution in [1.29, 1.82) is 0 Å². The van der Waals surface area contributed by atoms with E-state index < -0.39 is 5.92 Å². The number of rotatable bonds is 4. The summed E-state index contributed by atoms with van der Waals surface area (Å²) < 4.78 is 34.6. The second-order valence-electron chi connectivity index (χ2n) is 10.1. The molecule has 0 radical (unpaired) electrons. The maximum atomic E-state index is 13.3. The van der Waals surface area contributed by atoms with Gasteiger partial charge in [-0.05, 0) is 49.4 Å². The second kappa shape index (κ2) is 7.46. The van der Waals surface area contributed by atoms with Gasteiger partial charge in [0.25, 0.3) is 0 Å². The summed E-state index contributed by atoms with van der Waals surface area (Å²) in [6.07, 6.45) is 5.01. The molecule has 10 heteroatoms. The standard InChI is InChI=1S/C26H21ClF2N6O/c1-14-31-19-4-2-17(6-21(19)32-14)36-18-3-5-20-22(7-18)33-23(24(27)34-20)15-10-30-35(11-15)16-8-25(9-16)12-26(28,29)13-25/h2-7,10-11,16H,8-9,12-13H2,1H3,(H,31,32). The maximum absolute atomic E-state index is 13.3. The number of nitrogens with one attached hydrogen (secondary N) is 1. The summed E-state index contributed by atoms with van der Waals surface area (Å²) in [5, 5.41) is 4.74. The van der Waals surface area contributed by atoms with Crippen LogP contribution in [0.25, 0.3) is 33.3 Å². The van der Waals surface area contributed by atoms with Crippen LogP contribution in [0.1, 0.15) is 37.5 Å². The van der Waals surface area contributed by atoms with Crippen LogP contribution in [0.2, 0.25) is 5.15 Å². The van der Waals surface area contributed by atoms with E-state index in [2.05, 4.69) is 20.1 Å². The summed E-state index contributed by atoms with van der Waals surface area (Å²) in [6, 6.07) is 11.3. The van der Waals surface area contributed by atoms with Crippen molar-refractivity contribution in [3.63, 3.8) is 0 Å². The number of benzene rings is 2. The summed E-state index contributed by atoms with van der Waals surface area (Å²) in [5.74, 6) is -0.357. The number of nitrogens with zero attached hydrogens (tertiary/aromatic N) is 5. The lowest BCUT2D eigenvalue weighted by atomic mass is 9.52. The Morgan fingerprint density at radius 2 is 1.75 bits per heavy atom. The topological polar surface area (TPSA) is 81.5 Å². The Kier molecular flexibility index (Phi) is 4.49. The first kappa shape index (κ1) is 21.7. The molecule has 2 aromatic carbocycles. The number of aromatic amines is 1. The molecule has 2 aliphatic rings. The van der Waals surface area contributed by atoms with Crippen LogP contribution in [0.5, 0.6) is 11.5 Å². The van der Waals surface area contributed by atoms with Gasteiger partial charge in [-0.15, -0.1) is 0 Å². The molecule has 5 aromatic rings. The van der Waals surface area contributed by atoms with Gasteiger partial charge in [-0.25, -0.2) is 23.7 Å². The lowest BCUT2D eigenvalue weighted by molar-refractivity contribution is -0.204. The minimum atomic E-state index is -2.50. The van der Waals surface area contributed by atoms with E-state index in [1.165, 1.54) is 0 Å². The summed E-state index contributed by atoms with van der Waals surface area (Å²) in [7, 11) is 0. The number of halogens is 3. The Morgan fingerprint density at radius 3 is 2.53 bits per heavy atom. The highest BCUT2D eigenvalue weighted by atomic mass is 35.5. The van der Waals surface area contributed by atoms with Crippen molar-refractivity contribution in [3.05, 3.63) is 59.8 Å². The third-order valence-corrected chi connectivity index (χ3v) is 7.52. The fourth-order valence-electron chi connectivity index (χ4n) is 5.70. The van der Waals surface area contributed by atoms with E-state index in [1.54, 1.807) is 6.20 Å². The summed E-state index contributed by atoms with van der Waals surface area (Å²) in [5.41, 5.74) is 4.11. The molecule has 0 amide bonds. The van der Waals surface area contributed by atoms with Crippen LogP contribution in [0.4, 0.5) is 8.78 Å². The van der Waals surface area contributed by atoms with E-state index in [1.807, 2.05) is 54.2 Å². The molecule has 0 bridgehead atoms. The molecule has 0 unspecified atom stereocenters. The van der Waals surface area contributed by atoms with Crippen LogP contribution < -0.4 is 4.74 Å². The molecule has 7 nitrogen and oxygen atoms in total. The number of H-pyrrole nitrogens is 1. The minimum absolute atomic E-state index is 0.00754. The average molecular weight is 507 g/mol. The van der Waals surface area contributed by atoms with Crippen molar-refractivity contribution >= 4 is 33.7 Å². The molecular formula is C26H21ClF2N6O. The molecule has 2 fully saturated rings. The Labute approximate surface area is 209 Å². The summed E-state index contributed by atoms with van der Waals surface area (Å²) in [4.78, 5) is 16.9. The third-order valence-electron chi connectivity index (χ3n) is 7.25. The van der Waals surface area contributed by atoms with E-state index in [4.69, 9.17) is 21.3 Å². The Balaban J connectivity index is 1.14. The number of alkyl halides is 2. The lowest BCUT2D eigenvalue weighted by Gasteiger charge is -2.57. The Morgan fingerprint density at radius 1 is 1.00 bits per heavy atom. The molecule has 182 valence electrons. The molecule has 7 rings (SSSR count). The Bertz CT molecular complexity index is 1650. The minimum Gasteiger partial charge on any atom is -0.457 e. The van der Waals surface area contributed by atoms with E-state index in [9.17, 15) is 8.78 Å². The van der Waals surface area contributed by atoms with Gasteiger partial charge in [0.2, 0.25) is 5.92 Å². The highest BCUT2D eigenvalue weighted by molar-refractivity contribution is 6.32. The van der Waals surface area contributed by atoms with Crippen molar-refractivity contribution in [2.24, 2.45) is 5.41 Å². The predicted molar refractivity (Wildman–Crippen MR) is 132 cm³/mol. The molecule has 0 atom stereocenters. The fraction of sp³-hybridized carbons (Fsp3) is 0.308. The van der Waals surface area contributed by atoms with Crippen LogP contribution in [0, 0.1) is 12.3 Å². The third kappa shape index (κ3) is 3.61. The number of aryl methyl sites for hydroxylation is 1. The highest BCUT2D eigenvalue weighted by Gasteiger charge is 2.62. The lowest BCUT2D eigenvalue weighted by Crippen LogP contribution is -2.53. The monoisotopic (exact) mass is 506 g/mol. The predicted octanol–water partition coefficient (Wildman–Crippen LogP) is 6.87. The van der Waals surface area contributed by atoms with Gasteiger partial charge in [-0.3, -0.25) is 4.68 Å². The van der Waals surface area contributed by atoms with Crippen LogP contribution >= 0.6 is 11.6 Å². The average Bonchev–Trinajstić information content (AvgIpc) is 3.41. The van der Waals surface area contributed by atoms with Gasteiger partial charge in [-0.1, -0.05) is 11.6 Å². The van der Waals surface area contributed by atoms with E-state index >= 15 is 0 Å². The van der Waals surface area contributed by atoms with Crippen molar-refractivity contribution in [2.45, 2.75) is 44.6 Å². The van der Waals surface area contributed by atoms with Crippen LogP contribution in [0.3, 0.4) is 0 Å². The SMILES string of the molecule is Cc1nc2ccc(Oc3ccc4nc(Cl)c(-c5cnn(C6CC7(C6)CC(F)(F)C7)c5)nc4c3)cc2[nH]1. The number of aromatic nitrogens is 6. The summed E-state index contributed by atoms with van der Waals surface area (Å²) in [6.45, 7) is 1.91. The number of hydrogen-bond acceptors (Lipinski definition) is 5. The number of fused-ring (bicyclic) bond motifs is 2. The zero-order valence-electron chi connectivity index (χ0n) is 19.3. The van der Waals surface area contributed by atoms with Gasteiger partial charge in [-0.2, -0.15) is 5.10 Å². The van der Waals surface area contributed by atoms with Gasteiger partial charge in [0.05, 0.1) is 34.3 Å². The van der Waals surface area contributed by atoms with Crippen molar-refractivity contribution in [1.82, 2.24) is 29.7 Å². The zero-order valence-corrected chi connectivity index (χ0v) is 20.1. The molecule has 1 N–H and O–H groups in total. The van der Waals surface area contributed by atoms with Gasteiger partial charge in [0, 0.05) is 36.7 Å². The zero-order chi connectivity index (χ0) is 24.7. The van der Waals surface area contributed by atoms with Gasteiger partial charge < -0.3 is 9.72 Å². The first-order valence-electron chi connectivity index (χ1n) is 11.8. The molecule has 0 saturated heterocycles. The largest absolute Gasteiger partial charge is 0.457 e. The fourth-order valence-corrected chi connectivity index (χ4v) is 5.94. The maximum Gasteiger partial charge on any atom is 0.249 e. The van der Waals surface area contributed by atoms with Crippen molar-refractivity contribution in [3.8, 4) is 22.8 Å². The first-order valence-corrected chi connectivity index (χ1v) is 12.2. The van der Waals surface area contributed by atoms with Gasteiger partial charge >= 0.3 is 0 Å². The highest BCUT2D eigenvalue weighted by Crippen LogP contribution is 2.65. The molecule has 2 saturated carbocycles. The Hall–Kier alpha value is -3.59. The summed E-state index contributed by atoms with van der Waals surface area (Å²) >= 11 is 6.48. The molecule has 36 heavy (non-hydrogen) atoms. The van der Waals surface area contributed by atoms with Gasteiger partial charge in [0.1, 0.15) is 23.0 Å². The van der Waals surface area contributed by atoms with Crippen molar-refractivity contribution in [2.75, 3.05) is 0 Å². The quantitative estimate of drug-likeness (QED) is 0.287. The molecule has 3 heterocycles.